The lowest BCUT2D eigenvalue weighted by Gasteiger charge is -2.29. The number of nitrogens with zero attached hydrogens (tertiary/aromatic N) is 2. The van der Waals surface area contributed by atoms with Gasteiger partial charge in [-0.1, -0.05) is 0 Å². The van der Waals surface area contributed by atoms with Crippen LogP contribution in [0.2, 0.25) is 0 Å². The zero-order valence-electron chi connectivity index (χ0n) is 11.9. The molecule has 0 radical (unpaired) electrons. The Balaban J connectivity index is 0.00000180. The third-order valence-corrected chi connectivity index (χ3v) is 3.71. The molecule has 5 nitrogen and oxygen atoms in total. The number of aromatic nitrogens is 2. The topological polar surface area (TPSA) is 59.0 Å². The van der Waals surface area contributed by atoms with E-state index in [0.29, 0.717) is 5.92 Å². The highest BCUT2D eigenvalue weighted by Crippen LogP contribution is 2.15. The monoisotopic (exact) mass is 322 g/mol. The van der Waals surface area contributed by atoms with E-state index in [9.17, 15) is 4.79 Å². The van der Waals surface area contributed by atoms with Crippen LogP contribution in [-0.4, -0.2) is 34.8 Å². The first-order valence-corrected chi connectivity index (χ1v) is 6.68. The van der Waals surface area contributed by atoms with E-state index < -0.39 is 0 Å². The van der Waals surface area contributed by atoms with Gasteiger partial charge in [0.05, 0.1) is 0 Å². The van der Waals surface area contributed by atoms with Crippen LogP contribution in [0.5, 0.6) is 0 Å². The lowest BCUT2D eigenvalue weighted by Crippen LogP contribution is -2.46. The predicted octanol–water partition coefficient (Wildman–Crippen LogP) is 1.79. The van der Waals surface area contributed by atoms with E-state index in [1.54, 1.807) is 10.9 Å². The highest BCUT2D eigenvalue weighted by atomic mass is 35.5. The van der Waals surface area contributed by atoms with Gasteiger partial charge in [-0.3, -0.25) is 9.48 Å². The van der Waals surface area contributed by atoms with Crippen LogP contribution < -0.4 is 10.6 Å². The molecule has 0 aromatic carbocycles. The van der Waals surface area contributed by atoms with Crippen LogP contribution >= 0.6 is 24.8 Å². The molecule has 7 heteroatoms. The molecule has 2 rings (SSSR count). The average molecular weight is 323 g/mol. The van der Waals surface area contributed by atoms with Gasteiger partial charge in [0.25, 0.3) is 0 Å². The normalized spacial score (nSPS) is 21.0. The van der Waals surface area contributed by atoms with Crippen molar-refractivity contribution in [2.24, 2.45) is 5.92 Å². The molecule has 3 unspecified atom stereocenters. The number of amides is 1. The summed E-state index contributed by atoms with van der Waals surface area (Å²) in [5, 5.41) is 10.6. The zero-order valence-corrected chi connectivity index (χ0v) is 13.5. The van der Waals surface area contributed by atoms with E-state index in [0.717, 1.165) is 13.1 Å². The van der Waals surface area contributed by atoms with Crippen LogP contribution in [0, 0.1) is 5.92 Å². The van der Waals surface area contributed by atoms with Gasteiger partial charge in [0.1, 0.15) is 6.04 Å². The summed E-state index contributed by atoms with van der Waals surface area (Å²) in [5.74, 6) is 0.573. The molecule has 1 aliphatic rings. The summed E-state index contributed by atoms with van der Waals surface area (Å²) in [6.45, 7) is 6.05. The van der Waals surface area contributed by atoms with Crippen LogP contribution in [0.4, 0.5) is 0 Å². The van der Waals surface area contributed by atoms with Crippen molar-refractivity contribution < 1.29 is 4.79 Å². The number of halogens is 2. The molecule has 3 atom stereocenters. The fourth-order valence-corrected chi connectivity index (χ4v) is 2.40. The molecule has 1 aliphatic heterocycles. The average Bonchev–Trinajstić information content (AvgIpc) is 2.92. The van der Waals surface area contributed by atoms with Gasteiger partial charge in [-0.05, 0) is 51.8 Å². The van der Waals surface area contributed by atoms with Gasteiger partial charge in [0.2, 0.25) is 5.91 Å². The quantitative estimate of drug-likeness (QED) is 0.888. The zero-order chi connectivity index (χ0) is 13.0. The largest absolute Gasteiger partial charge is 0.351 e. The molecule has 1 amide bonds. The number of piperidine rings is 1. The van der Waals surface area contributed by atoms with Crippen molar-refractivity contribution in [1.29, 1.82) is 0 Å². The van der Waals surface area contributed by atoms with Gasteiger partial charge in [-0.25, -0.2) is 0 Å². The summed E-state index contributed by atoms with van der Waals surface area (Å²) < 4.78 is 1.68. The van der Waals surface area contributed by atoms with Crippen molar-refractivity contribution in [2.45, 2.75) is 38.8 Å². The number of carbonyl (C=O) groups is 1. The second kappa shape index (κ2) is 9.21. The molecule has 1 fully saturated rings. The first kappa shape index (κ1) is 19.2. The van der Waals surface area contributed by atoms with E-state index in [-0.39, 0.29) is 42.8 Å². The number of hydrogen-bond donors (Lipinski definition) is 2. The maximum Gasteiger partial charge on any atom is 0.244 e. The highest BCUT2D eigenvalue weighted by molar-refractivity contribution is 5.85. The molecular formula is C13H24Cl2N4O. The van der Waals surface area contributed by atoms with Gasteiger partial charge in [-0.2, -0.15) is 5.10 Å². The van der Waals surface area contributed by atoms with Crippen molar-refractivity contribution in [3.8, 4) is 0 Å². The Morgan fingerprint density at radius 2 is 2.20 bits per heavy atom. The highest BCUT2D eigenvalue weighted by Gasteiger charge is 2.23. The van der Waals surface area contributed by atoms with Gasteiger partial charge in [0.15, 0.2) is 0 Å². The van der Waals surface area contributed by atoms with E-state index in [2.05, 4.69) is 22.7 Å². The van der Waals surface area contributed by atoms with Crippen LogP contribution in [0.15, 0.2) is 18.5 Å². The smallest absolute Gasteiger partial charge is 0.244 e. The first-order valence-electron chi connectivity index (χ1n) is 6.68. The molecule has 0 spiro atoms. The summed E-state index contributed by atoms with van der Waals surface area (Å²) in [7, 11) is 0. The Kier molecular flexibility index (Phi) is 8.85. The van der Waals surface area contributed by atoms with E-state index in [4.69, 9.17) is 0 Å². The molecule has 0 aliphatic carbocycles. The fourth-order valence-electron chi connectivity index (χ4n) is 2.40. The lowest BCUT2D eigenvalue weighted by molar-refractivity contribution is -0.125. The summed E-state index contributed by atoms with van der Waals surface area (Å²) in [6, 6.07) is 1.79. The van der Waals surface area contributed by atoms with Gasteiger partial charge < -0.3 is 10.6 Å². The lowest BCUT2D eigenvalue weighted by atomic mass is 9.92. The first-order chi connectivity index (χ1) is 8.68. The second-order valence-electron chi connectivity index (χ2n) is 5.07. The minimum absolute atomic E-state index is 0. The van der Waals surface area contributed by atoms with E-state index >= 15 is 0 Å². The molecule has 0 bridgehead atoms. The Labute approximate surface area is 132 Å². The molecule has 1 saturated heterocycles. The fraction of sp³-hybridized carbons (Fsp3) is 0.692. The third kappa shape index (κ3) is 4.96. The Morgan fingerprint density at radius 1 is 1.45 bits per heavy atom. The summed E-state index contributed by atoms with van der Waals surface area (Å²) in [6.07, 6.45) is 5.89. The molecule has 1 aromatic heterocycles. The van der Waals surface area contributed by atoms with Crippen LogP contribution in [-0.2, 0) is 4.79 Å². The summed E-state index contributed by atoms with van der Waals surface area (Å²) in [4.78, 5) is 12.1. The van der Waals surface area contributed by atoms with Crippen molar-refractivity contribution in [2.75, 3.05) is 13.1 Å². The SMILES string of the molecule is CC(NC(=O)C(C)n1cccn1)C1CCCNC1.Cl.Cl. The predicted molar refractivity (Wildman–Crippen MR) is 84.6 cm³/mol. The van der Waals surface area contributed by atoms with Gasteiger partial charge in [0, 0.05) is 18.4 Å². The minimum atomic E-state index is -0.251. The standard InChI is InChI=1S/C13H22N4O.2ClH/c1-10(12-5-3-6-14-9-12)16-13(18)11(2)17-8-4-7-15-17;;/h4,7-8,10-12,14H,3,5-6,9H2,1-2H3,(H,16,18);2*1H. The van der Waals surface area contributed by atoms with Crippen molar-refractivity contribution >= 4 is 30.7 Å². The summed E-state index contributed by atoms with van der Waals surface area (Å²) in [5.41, 5.74) is 0. The van der Waals surface area contributed by atoms with Crippen molar-refractivity contribution in [1.82, 2.24) is 20.4 Å². The number of hydrogen-bond acceptors (Lipinski definition) is 3. The maximum atomic E-state index is 12.1. The van der Waals surface area contributed by atoms with Gasteiger partial charge in [-0.15, -0.1) is 24.8 Å². The third-order valence-electron chi connectivity index (χ3n) is 3.71. The Hall–Kier alpha value is -0.780. The van der Waals surface area contributed by atoms with E-state index in [1.165, 1.54) is 12.8 Å². The second-order valence-corrected chi connectivity index (χ2v) is 5.07. The van der Waals surface area contributed by atoms with Gasteiger partial charge >= 0.3 is 0 Å². The maximum absolute atomic E-state index is 12.1. The number of rotatable bonds is 4. The van der Waals surface area contributed by atoms with Crippen molar-refractivity contribution in [3.63, 3.8) is 0 Å². The van der Waals surface area contributed by atoms with Crippen LogP contribution in [0.25, 0.3) is 0 Å². The number of nitrogens with one attached hydrogen (secondary N) is 2. The molecule has 2 heterocycles. The number of carbonyl (C=O) groups excluding carboxylic acids is 1. The molecular weight excluding hydrogens is 299 g/mol. The molecule has 20 heavy (non-hydrogen) atoms. The van der Waals surface area contributed by atoms with E-state index in [1.807, 2.05) is 19.2 Å². The molecule has 1 aromatic rings. The summed E-state index contributed by atoms with van der Waals surface area (Å²) >= 11 is 0. The Bertz CT molecular complexity index is 380. The molecule has 116 valence electrons. The molecule has 2 N–H and O–H groups in total. The van der Waals surface area contributed by atoms with Crippen LogP contribution in [0.3, 0.4) is 0 Å². The van der Waals surface area contributed by atoms with Crippen LogP contribution in [0.1, 0.15) is 32.7 Å². The minimum Gasteiger partial charge on any atom is -0.351 e. The molecule has 0 saturated carbocycles. The Morgan fingerprint density at radius 3 is 2.75 bits per heavy atom. The van der Waals surface area contributed by atoms with Crippen molar-refractivity contribution in [3.05, 3.63) is 18.5 Å².